The standard InChI is InChI=1S/C30H25N7O6S/c1-17-13-26(36-37-30-24(31)12-3-18-14-23(44(40,41)42)15-27(39)29(18)30)28(43-2)16-25(17)35-34-20-6-4-19(5-7-20)32-33-21-8-10-22(38)11-9-21/h3-16,31-32,34-35H,1-2H3,(H,40,41,42). The van der Waals surface area contributed by atoms with E-state index in [0.29, 0.717) is 22.8 Å². The Kier molecular flexibility index (Phi) is 8.28. The largest absolute Gasteiger partial charge is 0.494 e. The molecule has 0 spiro atoms. The van der Waals surface area contributed by atoms with Crippen molar-refractivity contribution in [3.05, 3.63) is 112 Å². The molecule has 0 unspecified atom stereocenters. The van der Waals surface area contributed by atoms with Crippen molar-refractivity contribution in [2.75, 3.05) is 23.4 Å². The van der Waals surface area contributed by atoms with Crippen molar-refractivity contribution in [3.8, 4) is 5.75 Å². The Hall–Kier alpha value is -5.73. The molecule has 2 aromatic carbocycles. The van der Waals surface area contributed by atoms with Gasteiger partial charge in [0, 0.05) is 12.1 Å². The highest BCUT2D eigenvalue weighted by Crippen LogP contribution is 2.36. The first-order chi connectivity index (χ1) is 21.0. The number of allylic oxidation sites excluding steroid dienone is 10. The molecule has 0 saturated heterocycles. The van der Waals surface area contributed by atoms with Crippen LogP contribution in [0.1, 0.15) is 5.56 Å². The monoisotopic (exact) mass is 611 g/mol. The SMILES string of the molecule is COc1cc(NNc2ccc(NN=C3C=CC(=O)C=C3)cc2)c(C)cc1N=NC1=C2C(=O)C=C(S(=O)(=O)O)C=C2C=CC1=N. The van der Waals surface area contributed by atoms with Crippen molar-refractivity contribution in [2.45, 2.75) is 6.92 Å². The molecule has 0 heterocycles. The lowest BCUT2D eigenvalue weighted by Crippen LogP contribution is -2.18. The second-order valence-corrected chi connectivity index (χ2v) is 11.0. The van der Waals surface area contributed by atoms with Crippen LogP contribution in [-0.2, 0) is 19.7 Å². The van der Waals surface area contributed by atoms with Crippen LogP contribution in [0.3, 0.4) is 0 Å². The highest BCUT2D eigenvalue weighted by molar-refractivity contribution is 7.90. The molecular formula is C30H25N7O6S. The molecule has 222 valence electrons. The van der Waals surface area contributed by atoms with Crippen molar-refractivity contribution in [2.24, 2.45) is 15.3 Å². The fourth-order valence-corrected chi connectivity index (χ4v) is 4.74. The van der Waals surface area contributed by atoms with Gasteiger partial charge in [-0.2, -0.15) is 13.5 Å². The maximum atomic E-state index is 12.7. The van der Waals surface area contributed by atoms with Crippen LogP contribution in [0.25, 0.3) is 0 Å². The second-order valence-electron chi connectivity index (χ2n) is 9.54. The van der Waals surface area contributed by atoms with E-state index in [4.69, 9.17) is 10.1 Å². The molecule has 5 N–H and O–H groups in total. The predicted molar refractivity (Wildman–Crippen MR) is 167 cm³/mol. The van der Waals surface area contributed by atoms with Gasteiger partial charge in [-0.25, -0.2) is 0 Å². The van der Waals surface area contributed by atoms with Crippen molar-refractivity contribution >= 4 is 55.9 Å². The van der Waals surface area contributed by atoms with Gasteiger partial charge in [0.2, 0.25) is 0 Å². The van der Waals surface area contributed by atoms with E-state index in [0.717, 1.165) is 29.1 Å². The summed E-state index contributed by atoms with van der Waals surface area (Å²) < 4.78 is 37.9. The Balaban J connectivity index is 1.30. The number of fused-ring (bicyclic) bond motifs is 1. The molecule has 0 bridgehead atoms. The lowest BCUT2D eigenvalue weighted by Gasteiger charge is -2.18. The van der Waals surface area contributed by atoms with E-state index >= 15 is 0 Å². The third-order valence-corrected chi connectivity index (χ3v) is 7.32. The summed E-state index contributed by atoms with van der Waals surface area (Å²) in [6, 6.07) is 10.8. The first kappa shape index (κ1) is 29.8. The third-order valence-electron chi connectivity index (χ3n) is 6.49. The van der Waals surface area contributed by atoms with Crippen molar-refractivity contribution in [1.82, 2.24) is 0 Å². The second kappa shape index (κ2) is 12.2. The minimum atomic E-state index is -4.59. The number of nitrogens with one attached hydrogen (secondary N) is 4. The van der Waals surface area contributed by atoms with E-state index in [9.17, 15) is 22.6 Å². The Bertz CT molecular complexity index is 1930. The van der Waals surface area contributed by atoms with Gasteiger partial charge in [-0.1, -0.05) is 6.08 Å². The van der Waals surface area contributed by atoms with Crippen LogP contribution < -0.4 is 21.0 Å². The number of carbonyl (C=O) groups is 2. The third kappa shape index (κ3) is 6.67. The van der Waals surface area contributed by atoms with Crippen LogP contribution >= 0.6 is 0 Å². The molecule has 0 aromatic heterocycles. The highest BCUT2D eigenvalue weighted by Gasteiger charge is 2.29. The molecule has 0 atom stereocenters. The lowest BCUT2D eigenvalue weighted by atomic mass is 9.89. The van der Waals surface area contributed by atoms with Crippen LogP contribution in [0, 0.1) is 12.3 Å². The minimum absolute atomic E-state index is 0.000351. The Labute approximate surface area is 252 Å². The zero-order valence-electron chi connectivity index (χ0n) is 23.3. The van der Waals surface area contributed by atoms with Crippen LogP contribution in [0.4, 0.5) is 22.7 Å². The van der Waals surface area contributed by atoms with Crippen molar-refractivity contribution < 1.29 is 27.3 Å². The number of carbonyl (C=O) groups excluding carboxylic acids is 2. The first-order valence-electron chi connectivity index (χ1n) is 12.9. The van der Waals surface area contributed by atoms with Gasteiger partial charge in [0.15, 0.2) is 11.6 Å². The molecule has 0 amide bonds. The minimum Gasteiger partial charge on any atom is -0.494 e. The van der Waals surface area contributed by atoms with Crippen LogP contribution in [-0.4, -0.2) is 43.1 Å². The van der Waals surface area contributed by atoms with Gasteiger partial charge in [-0.3, -0.25) is 25.0 Å². The maximum absolute atomic E-state index is 12.7. The molecular weight excluding hydrogens is 586 g/mol. The zero-order valence-corrected chi connectivity index (χ0v) is 24.1. The fraction of sp³-hybridized carbons (Fsp3) is 0.0667. The summed E-state index contributed by atoms with van der Waals surface area (Å²) in [5.41, 5.74) is 13.2. The number of hydrazine groups is 1. The number of aryl methyl sites for hydroxylation is 1. The number of benzene rings is 2. The fourth-order valence-electron chi connectivity index (χ4n) is 4.21. The smallest absolute Gasteiger partial charge is 0.294 e. The average Bonchev–Trinajstić information content (AvgIpc) is 3.00. The van der Waals surface area contributed by atoms with Gasteiger partial charge in [0.25, 0.3) is 10.1 Å². The highest BCUT2D eigenvalue weighted by atomic mass is 32.2. The van der Waals surface area contributed by atoms with E-state index in [-0.39, 0.29) is 28.3 Å². The predicted octanol–water partition coefficient (Wildman–Crippen LogP) is 5.11. The topological polar surface area (TPSA) is 195 Å². The Morgan fingerprint density at radius 3 is 2.27 bits per heavy atom. The molecule has 0 aliphatic heterocycles. The number of rotatable bonds is 9. The summed E-state index contributed by atoms with van der Waals surface area (Å²) in [7, 11) is -3.13. The number of azo groups is 1. The Morgan fingerprint density at radius 2 is 1.59 bits per heavy atom. The van der Waals surface area contributed by atoms with Crippen molar-refractivity contribution in [3.63, 3.8) is 0 Å². The number of hydrogen-bond donors (Lipinski definition) is 5. The van der Waals surface area contributed by atoms with Gasteiger partial charge >= 0.3 is 0 Å². The van der Waals surface area contributed by atoms with E-state index in [1.54, 1.807) is 24.3 Å². The lowest BCUT2D eigenvalue weighted by molar-refractivity contribution is -0.111. The number of anilines is 3. The van der Waals surface area contributed by atoms with E-state index < -0.39 is 20.8 Å². The quantitative estimate of drug-likeness (QED) is 0.111. The molecule has 0 saturated carbocycles. The van der Waals surface area contributed by atoms with Gasteiger partial charge < -0.3 is 15.6 Å². The molecule has 13 nitrogen and oxygen atoms in total. The molecule has 0 radical (unpaired) electrons. The zero-order chi connectivity index (χ0) is 31.4. The molecule has 44 heavy (non-hydrogen) atoms. The molecule has 5 rings (SSSR count). The summed E-state index contributed by atoms with van der Waals surface area (Å²) in [4.78, 5) is 23.4. The maximum Gasteiger partial charge on any atom is 0.294 e. The number of nitrogens with zero attached hydrogens (tertiary/aromatic N) is 3. The molecule has 14 heteroatoms. The molecule has 3 aliphatic rings. The van der Waals surface area contributed by atoms with Crippen LogP contribution in [0.5, 0.6) is 5.75 Å². The summed E-state index contributed by atoms with van der Waals surface area (Å²) in [6.45, 7) is 1.84. The average molecular weight is 612 g/mol. The summed E-state index contributed by atoms with van der Waals surface area (Å²) in [6.07, 6.45) is 10.8. The summed E-state index contributed by atoms with van der Waals surface area (Å²) in [5.74, 6) is -0.444. The van der Waals surface area contributed by atoms with Crippen LogP contribution in [0.15, 0.2) is 122 Å². The van der Waals surface area contributed by atoms with Crippen LogP contribution in [0.2, 0.25) is 0 Å². The number of methoxy groups -OCH3 is 1. The number of hydrogen-bond acceptors (Lipinski definition) is 12. The molecule has 2 aromatic rings. The molecule has 3 aliphatic carbocycles. The molecule has 0 fully saturated rings. The van der Waals surface area contributed by atoms with E-state index in [1.807, 2.05) is 31.2 Å². The summed E-state index contributed by atoms with van der Waals surface area (Å²) >= 11 is 0. The first-order valence-corrected chi connectivity index (χ1v) is 14.4. The van der Waals surface area contributed by atoms with Gasteiger partial charge in [-0.05, 0) is 84.8 Å². The number of ether oxygens (including phenoxy) is 1. The van der Waals surface area contributed by atoms with E-state index in [1.165, 1.54) is 31.4 Å². The normalized spacial score (nSPS) is 16.2. The van der Waals surface area contributed by atoms with Gasteiger partial charge in [0.1, 0.15) is 17.1 Å². The van der Waals surface area contributed by atoms with E-state index in [2.05, 4.69) is 31.6 Å². The van der Waals surface area contributed by atoms with Gasteiger partial charge in [0.05, 0.1) is 46.1 Å². The van der Waals surface area contributed by atoms with Gasteiger partial charge in [-0.15, -0.1) is 10.2 Å². The Morgan fingerprint density at radius 1 is 0.886 bits per heavy atom. The number of ketones is 2. The summed E-state index contributed by atoms with van der Waals surface area (Å²) in [5, 5.41) is 20.9. The number of hydrazone groups is 1. The van der Waals surface area contributed by atoms with Crippen molar-refractivity contribution in [1.29, 1.82) is 5.41 Å².